The van der Waals surface area contributed by atoms with E-state index in [1.807, 2.05) is 18.8 Å². The molecule has 0 aliphatic carbocycles. The van der Waals surface area contributed by atoms with Crippen molar-refractivity contribution >= 4 is 11.8 Å². The summed E-state index contributed by atoms with van der Waals surface area (Å²) < 4.78 is 4.98. The van der Waals surface area contributed by atoms with Gasteiger partial charge in [0.05, 0.1) is 6.61 Å². The minimum absolute atomic E-state index is 0.631. The molecule has 0 saturated heterocycles. The summed E-state index contributed by atoms with van der Waals surface area (Å²) in [6.45, 7) is 5.36. The zero-order valence-corrected chi connectivity index (χ0v) is 9.41. The molecule has 12 heavy (non-hydrogen) atoms. The number of thioether (sulfide) groups is 1. The molecular formula is C9H21NOS. The molecule has 0 spiro atoms. The van der Waals surface area contributed by atoms with Crippen LogP contribution < -0.4 is 5.32 Å². The van der Waals surface area contributed by atoms with E-state index in [1.54, 1.807) is 7.11 Å². The fourth-order valence-corrected chi connectivity index (χ4v) is 2.22. The number of hydrogen-bond donors (Lipinski definition) is 1. The predicted octanol–water partition coefficient (Wildman–Crippen LogP) is 1.61. The van der Waals surface area contributed by atoms with Gasteiger partial charge in [-0.05, 0) is 13.0 Å². The van der Waals surface area contributed by atoms with E-state index in [0.717, 1.165) is 12.4 Å². The first-order valence-corrected chi connectivity index (χ1v) is 5.61. The highest BCUT2D eigenvalue weighted by molar-refractivity contribution is 7.99. The lowest BCUT2D eigenvalue weighted by Gasteiger charge is -2.19. The van der Waals surface area contributed by atoms with Crippen LogP contribution in [0.5, 0.6) is 0 Å². The Labute approximate surface area is 80.4 Å². The van der Waals surface area contributed by atoms with Gasteiger partial charge in [-0.15, -0.1) is 0 Å². The molecule has 0 fully saturated rings. The Hall–Kier alpha value is 0.270. The van der Waals surface area contributed by atoms with Crippen LogP contribution in [0.2, 0.25) is 0 Å². The Kier molecular flexibility index (Phi) is 8.07. The zero-order chi connectivity index (χ0) is 9.40. The highest BCUT2D eigenvalue weighted by Crippen LogP contribution is 2.09. The summed E-state index contributed by atoms with van der Waals surface area (Å²) in [5, 5.41) is 3.32. The van der Waals surface area contributed by atoms with E-state index in [0.29, 0.717) is 12.0 Å². The highest BCUT2D eigenvalue weighted by atomic mass is 32.2. The smallest absolute Gasteiger partial charge is 0.0552 e. The van der Waals surface area contributed by atoms with Gasteiger partial charge in [0.2, 0.25) is 0 Å². The van der Waals surface area contributed by atoms with Crippen molar-refractivity contribution in [2.45, 2.75) is 19.9 Å². The number of nitrogens with one attached hydrogen (secondary N) is 1. The highest BCUT2D eigenvalue weighted by Gasteiger charge is 2.09. The molecule has 0 aliphatic rings. The van der Waals surface area contributed by atoms with Gasteiger partial charge in [-0.25, -0.2) is 0 Å². The van der Waals surface area contributed by atoms with Crippen LogP contribution in [0.4, 0.5) is 0 Å². The fourth-order valence-electron chi connectivity index (χ4n) is 0.962. The largest absolute Gasteiger partial charge is 0.384 e. The normalized spacial score (nSPS) is 13.8. The number of ether oxygens (including phenoxy) is 1. The molecule has 1 unspecified atom stereocenters. The molecular weight excluding hydrogens is 170 g/mol. The fraction of sp³-hybridized carbons (Fsp3) is 1.00. The maximum Gasteiger partial charge on any atom is 0.0552 e. The van der Waals surface area contributed by atoms with Crippen LogP contribution in [0, 0.1) is 5.92 Å². The quantitative estimate of drug-likeness (QED) is 0.618. The lowest BCUT2D eigenvalue weighted by molar-refractivity contribution is 0.218. The summed E-state index contributed by atoms with van der Waals surface area (Å²) in [5.74, 6) is 2.99. The molecule has 0 aromatic rings. The van der Waals surface area contributed by atoms with Crippen molar-refractivity contribution in [2.75, 3.05) is 32.3 Å². The Morgan fingerprint density at radius 1 is 1.42 bits per heavy atom. The van der Waals surface area contributed by atoms with Crippen LogP contribution in [-0.4, -0.2) is 38.3 Å². The van der Waals surface area contributed by atoms with Crippen molar-refractivity contribution in [3.63, 3.8) is 0 Å². The standard InChI is InChI=1S/C9H21NOS/c1-8(2)9(10-3)7-12-6-5-11-4/h8-10H,5-7H2,1-4H3. The molecule has 0 rings (SSSR count). The van der Waals surface area contributed by atoms with Crippen LogP contribution in [-0.2, 0) is 4.74 Å². The van der Waals surface area contributed by atoms with Crippen LogP contribution in [0.15, 0.2) is 0 Å². The van der Waals surface area contributed by atoms with E-state index in [1.165, 1.54) is 5.75 Å². The average Bonchev–Trinajstić information content (AvgIpc) is 2.04. The van der Waals surface area contributed by atoms with Gasteiger partial charge < -0.3 is 10.1 Å². The molecule has 0 heterocycles. The third-order valence-corrected chi connectivity index (χ3v) is 2.95. The van der Waals surface area contributed by atoms with Gasteiger partial charge in [-0.1, -0.05) is 13.8 Å². The first kappa shape index (κ1) is 12.3. The Morgan fingerprint density at radius 2 is 2.08 bits per heavy atom. The summed E-state index contributed by atoms with van der Waals surface area (Å²) in [4.78, 5) is 0. The topological polar surface area (TPSA) is 21.3 Å². The van der Waals surface area contributed by atoms with Gasteiger partial charge in [0.25, 0.3) is 0 Å². The lowest BCUT2D eigenvalue weighted by Crippen LogP contribution is -2.33. The zero-order valence-electron chi connectivity index (χ0n) is 8.59. The Bertz CT molecular complexity index is 98.5. The molecule has 0 bridgehead atoms. The molecule has 0 amide bonds. The van der Waals surface area contributed by atoms with Gasteiger partial charge in [0, 0.05) is 24.7 Å². The van der Waals surface area contributed by atoms with Crippen molar-refractivity contribution in [1.82, 2.24) is 5.32 Å². The summed E-state index contributed by atoms with van der Waals surface area (Å²) in [7, 11) is 3.78. The minimum Gasteiger partial charge on any atom is -0.384 e. The summed E-state index contributed by atoms with van der Waals surface area (Å²) in [6.07, 6.45) is 0. The lowest BCUT2D eigenvalue weighted by atomic mass is 10.1. The van der Waals surface area contributed by atoms with Crippen LogP contribution in [0.25, 0.3) is 0 Å². The van der Waals surface area contributed by atoms with E-state index < -0.39 is 0 Å². The van der Waals surface area contributed by atoms with Gasteiger partial charge >= 0.3 is 0 Å². The predicted molar refractivity (Wildman–Crippen MR) is 56.9 cm³/mol. The van der Waals surface area contributed by atoms with Crippen LogP contribution in [0.1, 0.15) is 13.8 Å². The monoisotopic (exact) mass is 191 g/mol. The van der Waals surface area contributed by atoms with Crippen molar-refractivity contribution < 1.29 is 4.74 Å². The van der Waals surface area contributed by atoms with Gasteiger partial charge in [0.1, 0.15) is 0 Å². The molecule has 74 valence electrons. The van der Waals surface area contributed by atoms with Crippen molar-refractivity contribution in [1.29, 1.82) is 0 Å². The number of hydrogen-bond acceptors (Lipinski definition) is 3. The summed E-state index contributed by atoms with van der Waals surface area (Å²) in [5.41, 5.74) is 0. The Balaban J connectivity index is 3.32. The molecule has 1 N–H and O–H groups in total. The first-order chi connectivity index (χ1) is 5.72. The van der Waals surface area contributed by atoms with E-state index >= 15 is 0 Å². The molecule has 3 heteroatoms. The first-order valence-electron chi connectivity index (χ1n) is 4.46. The van der Waals surface area contributed by atoms with E-state index in [4.69, 9.17) is 4.74 Å². The maximum atomic E-state index is 4.98. The Morgan fingerprint density at radius 3 is 2.50 bits per heavy atom. The third kappa shape index (κ3) is 5.86. The van der Waals surface area contributed by atoms with E-state index in [9.17, 15) is 0 Å². The van der Waals surface area contributed by atoms with Crippen LogP contribution in [0.3, 0.4) is 0 Å². The van der Waals surface area contributed by atoms with Gasteiger partial charge in [-0.3, -0.25) is 0 Å². The number of rotatable bonds is 7. The third-order valence-electron chi connectivity index (χ3n) is 1.90. The second-order valence-corrected chi connectivity index (χ2v) is 4.36. The summed E-state index contributed by atoms with van der Waals surface area (Å²) >= 11 is 1.95. The van der Waals surface area contributed by atoms with Crippen molar-refractivity contribution in [2.24, 2.45) is 5.92 Å². The molecule has 1 atom stereocenters. The molecule has 0 aromatic heterocycles. The van der Waals surface area contributed by atoms with E-state index in [-0.39, 0.29) is 0 Å². The van der Waals surface area contributed by atoms with Crippen molar-refractivity contribution in [3.8, 4) is 0 Å². The molecule has 0 aromatic carbocycles. The molecule has 2 nitrogen and oxygen atoms in total. The minimum atomic E-state index is 0.631. The summed E-state index contributed by atoms with van der Waals surface area (Å²) in [6, 6.07) is 0.631. The molecule has 0 aliphatic heterocycles. The SMILES string of the molecule is CNC(CSCCOC)C(C)C. The maximum absolute atomic E-state index is 4.98. The second-order valence-electron chi connectivity index (χ2n) is 3.21. The molecule has 0 radical (unpaired) electrons. The van der Waals surface area contributed by atoms with Gasteiger partial charge in [-0.2, -0.15) is 11.8 Å². The van der Waals surface area contributed by atoms with Crippen molar-refractivity contribution in [3.05, 3.63) is 0 Å². The van der Waals surface area contributed by atoms with Gasteiger partial charge in [0.15, 0.2) is 0 Å². The number of methoxy groups -OCH3 is 1. The van der Waals surface area contributed by atoms with Crippen LogP contribution >= 0.6 is 11.8 Å². The van der Waals surface area contributed by atoms with E-state index in [2.05, 4.69) is 19.2 Å². The average molecular weight is 191 g/mol. The molecule has 0 saturated carbocycles. The second kappa shape index (κ2) is 7.90.